The Labute approximate surface area is 150 Å². The summed E-state index contributed by atoms with van der Waals surface area (Å²) in [6.07, 6.45) is 0.509. The number of ether oxygens (including phenoxy) is 1. The fourth-order valence-corrected chi connectivity index (χ4v) is 3.40. The number of hydrogen-bond donors (Lipinski definition) is 1. The molecule has 0 aromatic heterocycles. The van der Waals surface area contributed by atoms with E-state index in [4.69, 9.17) is 10.00 Å². The second-order valence-electron chi connectivity index (χ2n) is 6.66. The van der Waals surface area contributed by atoms with Crippen LogP contribution in [0.2, 0.25) is 0 Å². The van der Waals surface area contributed by atoms with Crippen molar-refractivity contribution in [1.29, 1.82) is 5.26 Å². The molecule has 25 heavy (non-hydrogen) atoms. The van der Waals surface area contributed by atoms with Crippen LogP contribution in [-0.2, 0) is 9.53 Å². The van der Waals surface area contributed by atoms with Crippen molar-refractivity contribution in [1.82, 2.24) is 19.6 Å². The number of carbonyl (C=O) groups excluding carboxylic acids is 1. The van der Waals surface area contributed by atoms with Gasteiger partial charge in [0.2, 0.25) is 5.91 Å². The van der Waals surface area contributed by atoms with Gasteiger partial charge in [-0.15, -0.1) is 0 Å². The Kier molecular flexibility index (Phi) is 8.58. The van der Waals surface area contributed by atoms with Crippen molar-refractivity contribution in [3.05, 3.63) is 0 Å². The van der Waals surface area contributed by atoms with Crippen LogP contribution in [-0.4, -0.2) is 116 Å². The number of piperazine rings is 2. The Hall–Kier alpha value is -1.24. The molecule has 2 heterocycles. The number of nitriles is 1. The van der Waals surface area contributed by atoms with Crippen molar-refractivity contribution < 1.29 is 14.6 Å². The summed E-state index contributed by atoms with van der Waals surface area (Å²) in [6.45, 7) is 10.5. The summed E-state index contributed by atoms with van der Waals surface area (Å²) >= 11 is 0. The normalized spacial score (nSPS) is 21.9. The molecule has 2 fully saturated rings. The van der Waals surface area contributed by atoms with E-state index >= 15 is 0 Å². The van der Waals surface area contributed by atoms with Gasteiger partial charge in [0.05, 0.1) is 19.2 Å². The highest BCUT2D eigenvalue weighted by Gasteiger charge is 2.25. The van der Waals surface area contributed by atoms with Gasteiger partial charge in [-0.25, -0.2) is 0 Å². The lowest BCUT2D eigenvalue weighted by Crippen LogP contribution is -2.53. The summed E-state index contributed by atoms with van der Waals surface area (Å²) in [4.78, 5) is 20.0. The molecule has 1 atom stereocenters. The fraction of sp³-hybridized carbons (Fsp3) is 0.882. The quantitative estimate of drug-likeness (QED) is 0.561. The van der Waals surface area contributed by atoms with E-state index in [2.05, 4.69) is 20.8 Å². The summed E-state index contributed by atoms with van der Waals surface area (Å²) in [7, 11) is 0. The molecule has 142 valence electrons. The smallest absolute Gasteiger partial charge is 0.219 e. The monoisotopic (exact) mass is 353 g/mol. The highest BCUT2D eigenvalue weighted by molar-refractivity contribution is 5.73. The molecule has 0 radical (unpaired) electrons. The predicted molar refractivity (Wildman–Crippen MR) is 93.8 cm³/mol. The topological polar surface area (TPSA) is 83.3 Å². The fourth-order valence-electron chi connectivity index (χ4n) is 3.40. The van der Waals surface area contributed by atoms with E-state index in [1.165, 1.54) is 0 Å². The van der Waals surface area contributed by atoms with E-state index in [0.717, 1.165) is 58.9 Å². The van der Waals surface area contributed by atoms with Crippen LogP contribution >= 0.6 is 0 Å². The summed E-state index contributed by atoms with van der Waals surface area (Å²) in [5.74, 6) is 0.120. The van der Waals surface area contributed by atoms with Gasteiger partial charge >= 0.3 is 0 Å². The molecule has 1 N–H and O–H groups in total. The molecule has 0 saturated carbocycles. The van der Waals surface area contributed by atoms with Crippen LogP contribution in [0.15, 0.2) is 0 Å². The first-order valence-corrected chi connectivity index (χ1v) is 9.17. The first-order valence-electron chi connectivity index (χ1n) is 9.17. The Bertz CT molecular complexity index is 440. The van der Waals surface area contributed by atoms with Gasteiger partial charge in [0.25, 0.3) is 0 Å². The van der Waals surface area contributed by atoms with Crippen LogP contribution < -0.4 is 0 Å². The molecule has 0 aromatic carbocycles. The second-order valence-corrected chi connectivity index (χ2v) is 6.66. The molecule has 2 aliphatic heterocycles. The number of nitrogens with zero attached hydrogens (tertiary/aromatic N) is 5. The third-order valence-electron chi connectivity index (χ3n) is 5.02. The third-order valence-corrected chi connectivity index (χ3v) is 5.02. The van der Waals surface area contributed by atoms with Crippen molar-refractivity contribution in [2.45, 2.75) is 19.6 Å². The number of aliphatic hydroxyl groups is 1. The zero-order valence-electron chi connectivity index (χ0n) is 15.3. The van der Waals surface area contributed by atoms with Crippen molar-refractivity contribution in [2.24, 2.45) is 0 Å². The van der Waals surface area contributed by atoms with Crippen molar-refractivity contribution in [3.8, 4) is 6.07 Å². The van der Waals surface area contributed by atoms with Gasteiger partial charge in [0.15, 0.2) is 0 Å². The predicted octanol–water partition coefficient (Wildman–Crippen LogP) is -0.983. The molecule has 8 heteroatoms. The van der Waals surface area contributed by atoms with Gasteiger partial charge in [0.1, 0.15) is 6.23 Å². The van der Waals surface area contributed by atoms with E-state index in [0.29, 0.717) is 19.6 Å². The minimum Gasteiger partial charge on any atom is -0.396 e. The third kappa shape index (κ3) is 6.53. The van der Waals surface area contributed by atoms with Gasteiger partial charge in [-0.05, 0) is 0 Å². The molecule has 1 unspecified atom stereocenters. The number of amides is 1. The molecule has 0 bridgehead atoms. The Morgan fingerprint density at radius 2 is 1.76 bits per heavy atom. The molecule has 0 spiro atoms. The standard InChI is InChI=1S/C17H31N5O3/c1-16(24)21-9-11-22(12-10-21)17(2-14-23)25-15-13-20-7-5-19(4-3-18)6-8-20/h17,23H,2,4-15H2,1H3. The maximum Gasteiger partial charge on any atom is 0.219 e. The maximum absolute atomic E-state index is 11.4. The Morgan fingerprint density at radius 3 is 2.32 bits per heavy atom. The molecule has 0 aliphatic carbocycles. The average molecular weight is 353 g/mol. The SMILES string of the molecule is CC(=O)N1CCN(C(CCO)OCCN2CCN(CC#N)CC2)CC1. The molecule has 2 saturated heterocycles. The van der Waals surface area contributed by atoms with E-state index in [1.807, 2.05) is 4.90 Å². The number of rotatable bonds is 8. The summed E-state index contributed by atoms with van der Waals surface area (Å²) in [5, 5.41) is 18.1. The molecule has 1 amide bonds. The van der Waals surface area contributed by atoms with Crippen LogP contribution in [0.1, 0.15) is 13.3 Å². The van der Waals surface area contributed by atoms with E-state index in [1.54, 1.807) is 6.92 Å². The van der Waals surface area contributed by atoms with Gasteiger partial charge in [-0.3, -0.25) is 19.5 Å². The number of aliphatic hydroxyl groups excluding tert-OH is 1. The number of hydrogen-bond acceptors (Lipinski definition) is 7. The molecular formula is C17H31N5O3. The first kappa shape index (κ1) is 20.1. The van der Waals surface area contributed by atoms with Crippen LogP contribution in [0.3, 0.4) is 0 Å². The zero-order valence-corrected chi connectivity index (χ0v) is 15.3. The summed E-state index contributed by atoms with van der Waals surface area (Å²) < 4.78 is 6.05. The lowest BCUT2D eigenvalue weighted by molar-refractivity contribution is -0.135. The van der Waals surface area contributed by atoms with Gasteiger partial charge in [-0.1, -0.05) is 0 Å². The van der Waals surface area contributed by atoms with Crippen molar-refractivity contribution >= 4 is 5.91 Å². The first-order chi connectivity index (χ1) is 12.1. The Morgan fingerprint density at radius 1 is 1.12 bits per heavy atom. The molecular weight excluding hydrogens is 322 g/mol. The van der Waals surface area contributed by atoms with Crippen molar-refractivity contribution in [3.63, 3.8) is 0 Å². The largest absolute Gasteiger partial charge is 0.396 e. The van der Waals surface area contributed by atoms with E-state index in [9.17, 15) is 9.90 Å². The minimum absolute atomic E-state index is 0.0843. The van der Waals surface area contributed by atoms with Crippen LogP contribution in [0.4, 0.5) is 0 Å². The Balaban J connectivity index is 1.68. The number of carbonyl (C=O) groups is 1. The lowest BCUT2D eigenvalue weighted by Gasteiger charge is -2.39. The highest BCUT2D eigenvalue weighted by Crippen LogP contribution is 2.11. The van der Waals surface area contributed by atoms with E-state index in [-0.39, 0.29) is 18.7 Å². The van der Waals surface area contributed by atoms with Gasteiger partial charge in [-0.2, -0.15) is 5.26 Å². The average Bonchev–Trinajstić information content (AvgIpc) is 2.63. The second kappa shape index (κ2) is 10.7. The van der Waals surface area contributed by atoms with Gasteiger partial charge < -0.3 is 14.7 Å². The van der Waals surface area contributed by atoms with Crippen LogP contribution in [0.25, 0.3) is 0 Å². The molecule has 2 aliphatic rings. The van der Waals surface area contributed by atoms with Crippen LogP contribution in [0.5, 0.6) is 0 Å². The van der Waals surface area contributed by atoms with Crippen LogP contribution in [0, 0.1) is 11.3 Å². The summed E-state index contributed by atoms with van der Waals surface area (Å²) in [6, 6.07) is 2.20. The maximum atomic E-state index is 11.4. The summed E-state index contributed by atoms with van der Waals surface area (Å²) in [5.41, 5.74) is 0. The molecule has 2 rings (SSSR count). The lowest BCUT2D eigenvalue weighted by atomic mass is 10.2. The molecule has 8 nitrogen and oxygen atoms in total. The highest BCUT2D eigenvalue weighted by atomic mass is 16.5. The zero-order chi connectivity index (χ0) is 18.1. The molecule has 0 aromatic rings. The van der Waals surface area contributed by atoms with E-state index < -0.39 is 0 Å². The van der Waals surface area contributed by atoms with Gasteiger partial charge in [0, 0.05) is 78.9 Å². The minimum atomic E-state index is -0.0843. The van der Waals surface area contributed by atoms with Crippen molar-refractivity contribution in [2.75, 3.05) is 78.7 Å².